The minimum absolute atomic E-state index is 0.0666. The Morgan fingerprint density at radius 1 is 1.28 bits per heavy atom. The second-order valence-corrected chi connectivity index (χ2v) is 5.61. The highest BCUT2D eigenvalue weighted by Gasteiger charge is 2.19. The highest BCUT2D eigenvalue weighted by molar-refractivity contribution is 9.10. The summed E-state index contributed by atoms with van der Waals surface area (Å²) in [6.45, 7) is 8.92. The summed E-state index contributed by atoms with van der Waals surface area (Å²) in [4.78, 5) is 8.94. The molecule has 0 fully saturated rings. The summed E-state index contributed by atoms with van der Waals surface area (Å²) in [5, 5.41) is 0.463. The van der Waals surface area contributed by atoms with Crippen LogP contribution in [0, 0.1) is 0 Å². The third-order valence-electron chi connectivity index (χ3n) is 2.61. The molecule has 0 saturated carbocycles. The molecule has 18 heavy (non-hydrogen) atoms. The first-order valence-corrected chi connectivity index (χ1v) is 7.52. The van der Waals surface area contributed by atoms with Gasteiger partial charge < -0.3 is 4.74 Å². The van der Waals surface area contributed by atoms with E-state index in [2.05, 4.69) is 46.7 Å². The van der Waals surface area contributed by atoms with Crippen LogP contribution in [0.25, 0.3) is 0 Å². The lowest BCUT2D eigenvalue weighted by Gasteiger charge is -2.17. The number of ether oxygens (including phenoxy) is 1. The topological polar surface area (TPSA) is 35.0 Å². The van der Waals surface area contributed by atoms with Crippen molar-refractivity contribution >= 4 is 27.5 Å². The van der Waals surface area contributed by atoms with Crippen LogP contribution in [0.3, 0.4) is 0 Å². The zero-order valence-electron chi connectivity index (χ0n) is 11.3. The fourth-order valence-electron chi connectivity index (χ4n) is 1.73. The quantitative estimate of drug-likeness (QED) is 0.694. The summed E-state index contributed by atoms with van der Waals surface area (Å²) in [7, 11) is 0. The van der Waals surface area contributed by atoms with E-state index < -0.39 is 0 Å². The van der Waals surface area contributed by atoms with Crippen molar-refractivity contribution in [2.75, 3.05) is 6.61 Å². The number of rotatable bonds is 6. The van der Waals surface area contributed by atoms with Crippen molar-refractivity contribution in [3.05, 3.63) is 21.1 Å². The Bertz CT molecular complexity index is 393. The molecule has 102 valence electrons. The van der Waals surface area contributed by atoms with Gasteiger partial charge in [-0.2, -0.15) is 0 Å². The first kappa shape index (κ1) is 15.9. The summed E-state index contributed by atoms with van der Waals surface area (Å²) in [6, 6.07) is 0. The van der Waals surface area contributed by atoms with Gasteiger partial charge in [0.05, 0.1) is 10.2 Å². The maximum absolute atomic E-state index is 6.15. The zero-order chi connectivity index (χ0) is 13.7. The molecule has 0 aliphatic carbocycles. The Labute approximate surface area is 122 Å². The Hall–Kier alpha value is -0.190. The number of nitrogens with zero attached hydrogens (tertiary/aromatic N) is 2. The van der Waals surface area contributed by atoms with Crippen LogP contribution in [0.1, 0.15) is 64.1 Å². The Kier molecular flexibility index (Phi) is 6.53. The smallest absolute Gasteiger partial charge is 0.159 e. The van der Waals surface area contributed by atoms with Gasteiger partial charge in [0.1, 0.15) is 11.3 Å². The largest absolute Gasteiger partial charge is 0.371 e. The van der Waals surface area contributed by atoms with E-state index in [1.165, 1.54) is 0 Å². The first-order valence-electron chi connectivity index (χ1n) is 6.35. The molecule has 0 aliphatic rings. The Morgan fingerprint density at radius 2 is 1.94 bits per heavy atom. The van der Waals surface area contributed by atoms with Crippen LogP contribution in [0.5, 0.6) is 0 Å². The van der Waals surface area contributed by atoms with Gasteiger partial charge in [0.2, 0.25) is 0 Å². The molecule has 1 unspecified atom stereocenters. The van der Waals surface area contributed by atoms with Gasteiger partial charge >= 0.3 is 0 Å². The van der Waals surface area contributed by atoms with Crippen LogP contribution in [0.4, 0.5) is 0 Å². The molecule has 1 rings (SSSR count). The second-order valence-electron chi connectivity index (χ2n) is 4.46. The molecule has 3 nitrogen and oxygen atoms in total. The van der Waals surface area contributed by atoms with Gasteiger partial charge in [-0.05, 0) is 35.2 Å². The summed E-state index contributed by atoms with van der Waals surface area (Å²) in [5.74, 6) is 0.984. The SMILES string of the molecule is CCCC(OCC)c1nc(Cl)c(Br)c(C(C)C)n1. The van der Waals surface area contributed by atoms with E-state index in [9.17, 15) is 0 Å². The molecule has 1 heterocycles. The summed E-state index contributed by atoms with van der Waals surface area (Å²) < 4.78 is 6.49. The van der Waals surface area contributed by atoms with Gasteiger partial charge in [-0.1, -0.05) is 38.8 Å². The van der Waals surface area contributed by atoms with Crippen molar-refractivity contribution in [1.82, 2.24) is 9.97 Å². The van der Waals surface area contributed by atoms with Crippen LogP contribution < -0.4 is 0 Å². The standard InChI is InChI=1S/C13H20BrClN2O/c1-5-7-9(18-6-2)13-16-11(8(3)4)10(14)12(15)17-13/h8-9H,5-7H2,1-4H3. The maximum atomic E-state index is 6.15. The lowest BCUT2D eigenvalue weighted by molar-refractivity contribution is 0.0491. The van der Waals surface area contributed by atoms with E-state index in [4.69, 9.17) is 16.3 Å². The highest BCUT2D eigenvalue weighted by Crippen LogP contribution is 2.31. The van der Waals surface area contributed by atoms with Crippen LogP contribution in [0.15, 0.2) is 4.47 Å². The van der Waals surface area contributed by atoms with Crippen molar-refractivity contribution in [1.29, 1.82) is 0 Å². The van der Waals surface area contributed by atoms with E-state index in [0.29, 0.717) is 23.5 Å². The Morgan fingerprint density at radius 3 is 2.44 bits per heavy atom. The van der Waals surface area contributed by atoms with Gasteiger partial charge in [0.25, 0.3) is 0 Å². The molecule has 0 aliphatic heterocycles. The van der Waals surface area contributed by atoms with Gasteiger partial charge in [0, 0.05) is 6.61 Å². The average Bonchev–Trinajstić information content (AvgIpc) is 2.32. The number of aromatic nitrogens is 2. The lowest BCUT2D eigenvalue weighted by atomic mass is 10.1. The summed E-state index contributed by atoms with van der Waals surface area (Å²) in [5.41, 5.74) is 0.936. The van der Waals surface area contributed by atoms with E-state index in [1.54, 1.807) is 0 Å². The van der Waals surface area contributed by atoms with Gasteiger partial charge in [-0.25, -0.2) is 9.97 Å². The van der Waals surface area contributed by atoms with E-state index in [-0.39, 0.29) is 6.10 Å². The normalized spacial score (nSPS) is 13.1. The molecule has 0 aromatic carbocycles. The molecule has 0 N–H and O–H groups in total. The van der Waals surface area contributed by atoms with Crippen LogP contribution in [0.2, 0.25) is 5.15 Å². The molecule has 0 radical (unpaired) electrons. The highest BCUT2D eigenvalue weighted by atomic mass is 79.9. The van der Waals surface area contributed by atoms with Crippen molar-refractivity contribution in [2.24, 2.45) is 0 Å². The predicted molar refractivity (Wildman–Crippen MR) is 78.1 cm³/mol. The van der Waals surface area contributed by atoms with Crippen molar-refractivity contribution in [3.8, 4) is 0 Å². The van der Waals surface area contributed by atoms with Crippen molar-refractivity contribution in [2.45, 2.75) is 52.6 Å². The lowest BCUT2D eigenvalue weighted by Crippen LogP contribution is -2.11. The van der Waals surface area contributed by atoms with Gasteiger partial charge in [-0.3, -0.25) is 0 Å². The molecule has 0 saturated heterocycles. The molecular formula is C13H20BrClN2O. The monoisotopic (exact) mass is 334 g/mol. The number of hydrogen-bond acceptors (Lipinski definition) is 3. The fourth-order valence-corrected chi connectivity index (χ4v) is 2.55. The zero-order valence-corrected chi connectivity index (χ0v) is 13.7. The molecule has 0 amide bonds. The minimum Gasteiger partial charge on any atom is -0.371 e. The number of halogens is 2. The second kappa shape index (κ2) is 7.41. The molecule has 1 aromatic heterocycles. The van der Waals surface area contributed by atoms with Gasteiger partial charge in [0.15, 0.2) is 5.82 Å². The average molecular weight is 336 g/mol. The molecule has 1 atom stereocenters. The predicted octanol–water partition coefficient (Wildman–Crippen LogP) is 4.89. The van der Waals surface area contributed by atoms with Crippen LogP contribution in [-0.4, -0.2) is 16.6 Å². The van der Waals surface area contributed by atoms with Crippen molar-refractivity contribution < 1.29 is 4.74 Å². The number of hydrogen-bond donors (Lipinski definition) is 0. The van der Waals surface area contributed by atoms with Crippen LogP contribution >= 0.6 is 27.5 Å². The molecule has 1 aromatic rings. The molecule has 0 bridgehead atoms. The molecule has 0 spiro atoms. The van der Waals surface area contributed by atoms with E-state index in [1.807, 2.05) is 6.92 Å². The summed E-state index contributed by atoms with van der Waals surface area (Å²) >= 11 is 9.60. The third kappa shape index (κ3) is 3.90. The van der Waals surface area contributed by atoms with Crippen LogP contribution in [-0.2, 0) is 4.74 Å². The minimum atomic E-state index is -0.0666. The molecular weight excluding hydrogens is 316 g/mol. The molecule has 5 heteroatoms. The summed E-state index contributed by atoms with van der Waals surface area (Å²) in [6.07, 6.45) is 1.87. The third-order valence-corrected chi connectivity index (χ3v) is 3.89. The van der Waals surface area contributed by atoms with Crippen molar-refractivity contribution in [3.63, 3.8) is 0 Å². The van der Waals surface area contributed by atoms with E-state index >= 15 is 0 Å². The van der Waals surface area contributed by atoms with E-state index in [0.717, 1.165) is 23.0 Å². The fraction of sp³-hybridized carbons (Fsp3) is 0.692. The van der Waals surface area contributed by atoms with Gasteiger partial charge in [-0.15, -0.1) is 0 Å². The first-order chi connectivity index (χ1) is 8.51. The Balaban J connectivity index is 3.14. The maximum Gasteiger partial charge on any atom is 0.159 e.